The van der Waals surface area contributed by atoms with Crippen LogP contribution in [0.4, 0.5) is 0 Å². The second-order valence-corrected chi connectivity index (χ2v) is 5.69. The van der Waals surface area contributed by atoms with E-state index in [0.717, 1.165) is 22.3 Å². The van der Waals surface area contributed by atoms with Crippen molar-refractivity contribution in [3.63, 3.8) is 0 Å². The zero-order valence-corrected chi connectivity index (χ0v) is 12.9. The molecular formula is C20H20O3. The van der Waals surface area contributed by atoms with Crippen LogP contribution in [-0.2, 0) is 4.74 Å². The Labute approximate surface area is 136 Å². The molecule has 2 atom stereocenters. The smallest absolute Gasteiger partial charge is 0.0864 e. The highest BCUT2D eigenvalue weighted by molar-refractivity contribution is 5.64. The van der Waals surface area contributed by atoms with Crippen molar-refractivity contribution < 1.29 is 14.9 Å². The predicted octanol–water partition coefficient (Wildman–Crippen LogP) is 2.56. The summed E-state index contributed by atoms with van der Waals surface area (Å²) in [5, 5.41) is 18.6. The van der Waals surface area contributed by atoms with Crippen molar-refractivity contribution in [2.45, 2.75) is 18.4 Å². The number of ether oxygens (including phenoxy) is 1. The Morgan fingerprint density at radius 3 is 2.17 bits per heavy atom. The minimum Gasteiger partial charge on any atom is -0.395 e. The summed E-state index contributed by atoms with van der Waals surface area (Å²) >= 11 is 0. The van der Waals surface area contributed by atoms with Gasteiger partial charge in [0.15, 0.2) is 0 Å². The first-order valence-corrected chi connectivity index (χ1v) is 7.84. The number of aliphatic hydroxyl groups excluding tert-OH is 2. The molecule has 3 rings (SSSR count). The van der Waals surface area contributed by atoms with Crippen molar-refractivity contribution in [2.75, 3.05) is 19.8 Å². The molecule has 0 aromatic heterocycles. The average molecular weight is 308 g/mol. The van der Waals surface area contributed by atoms with Gasteiger partial charge in [0.25, 0.3) is 0 Å². The molecule has 1 heterocycles. The molecule has 0 amide bonds. The molecule has 0 aliphatic carbocycles. The molecule has 1 fully saturated rings. The minimum absolute atomic E-state index is 0.0771. The van der Waals surface area contributed by atoms with Crippen LogP contribution in [0.1, 0.15) is 23.5 Å². The Kier molecular flexibility index (Phi) is 5.09. The van der Waals surface area contributed by atoms with Crippen LogP contribution in [-0.4, -0.2) is 36.1 Å². The summed E-state index contributed by atoms with van der Waals surface area (Å²) in [5.74, 6) is 6.02. The first kappa shape index (κ1) is 15.8. The van der Waals surface area contributed by atoms with Gasteiger partial charge in [0.2, 0.25) is 0 Å². The lowest BCUT2D eigenvalue weighted by Crippen LogP contribution is -2.15. The number of hydrogen-bond acceptors (Lipinski definition) is 3. The van der Waals surface area contributed by atoms with Crippen LogP contribution >= 0.6 is 0 Å². The molecule has 0 radical (unpaired) electrons. The van der Waals surface area contributed by atoms with Gasteiger partial charge in [0, 0.05) is 17.9 Å². The van der Waals surface area contributed by atoms with Crippen LogP contribution < -0.4 is 0 Å². The molecule has 0 spiro atoms. The van der Waals surface area contributed by atoms with Crippen molar-refractivity contribution in [3.05, 3.63) is 59.7 Å². The van der Waals surface area contributed by atoms with Gasteiger partial charge in [-0.15, -0.1) is 0 Å². The molecule has 2 aromatic carbocycles. The van der Waals surface area contributed by atoms with E-state index < -0.39 is 6.10 Å². The Bertz CT molecular complexity index is 692. The fraction of sp³-hybridized carbons (Fsp3) is 0.300. The molecule has 0 bridgehead atoms. The quantitative estimate of drug-likeness (QED) is 0.857. The van der Waals surface area contributed by atoms with Crippen molar-refractivity contribution in [2.24, 2.45) is 0 Å². The van der Waals surface area contributed by atoms with Gasteiger partial charge < -0.3 is 14.9 Å². The number of hydrogen-bond donors (Lipinski definition) is 2. The van der Waals surface area contributed by atoms with Crippen molar-refractivity contribution in [1.29, 1.82) is 0 Å². The van der Waals surface area contributed by atoms with Gasteiger partial charge in [-0.25, -0.2) is 0 Å². The maximum Gasteiger partial charge on any atom is 0.0864 e. The van der Waals surface area contributed by atoms with Crippen LogP contribution in [0.5, 0.6) is 0 Å². The van der Waals surface area contributed by atoms with Gasteiger partial charge in [-0.3, -0.25) is 0 Å². The van der Waals surface area contributed by atoms with Crippen molar-refractivity contribution >= 4 is 0 Å². The van der Waals surface area contributed by atoms with E-state index >= 15 is 0 Å². The van der Waals surface area contributed by atoms with Crippen LogP contribution in [0.3, 0.4) is 0 Å². The molecule has 118 valence electrons. The van der Waals surface area contributed by atoms with E-state index in [4.69, 9.17) is 9.84 Å². The second-order valence-electron chi connectivity index (χ2n) is 5.69. The molecule has 0 unspecified atom stereocenters. The van der Waals surface area contributed by atoms with E-state index in [1.54, 1.807) is 0 Å². The van der Waals surface area contributed by atoms with E-state index in [2.05, 4.69) is 36.1 Å². The van der Waals surface area contributed by atoms with E-state index in [-0.39, 0.29) is 12.5 Å². The molecule has 23 heavy (non-hydrogen) atoms. The molecule has 2 N–H and O–H groups in total. The maximum absolute atomic E-state index is 9.89. The van der Waals surface area contributed by atoms with Gasteiger partial charge >= 0.3 is 0 Å². The number of benzene rings is 2. The Morgan fingerprint density at radius 2 is 1.61 bits per heavy atom. The van der Waals surface area contributed by atoms with Crippen LogP contribution in [0.25, 0.3) is 11.1 Å². The van der Waals surface area contributed by atoms with E-state index in [0.29, 0.717) is 19.6 Å². The summed E-state index contributed by atoms with van der Waals surface area (Å²) in [6.45, 7) is 1.10. The van der Waals surface area contributed by atoms with Crippen molar-refractivity contribution in [3.8, 4) is 23.0 Å². The third-order valence-electron chi connectivity index (χ3n) is 4.08. The van der Waals surface area contributed by atoms with E-state index in [1.165, 1.54) is 0 Å². The maximum atomic E-state index is 9.89. The molecular weight excluding hydrogens is 288 g/mol. The summed E-state index contributed by atoms with van der Waals surface area (Å²) in [6.07, 6.45) is 0.0950. The van der Waals surface area contributed by atoms with Gasteiger partial charge in [-0.05, 0) is 28.8 Å². The fourth-order valence-electron chi connectivity index (χ4n) is 2.75. The zero-order valence-electron chi connectivity index (χ0n) is 12.9. The van der Waals surface area contributed by atoms with Gasteiger partial charge in [-0.1, -0.05) is 48.2 Å². The lowest BCUT2D eigenvalue weighted by molar-refractivity contribution is 0.124. The standard InChI is InChI=1S/C20H20O3/c21-12-2-1-3-15-4-6-16(7-5-15)17-8-10-18(11-9-17)19-13-23-14-20(19)22/h4-11,19-22H,2,12-14H2/t19-,20+/m1/s1. The summed E-state index contributed by atoms with van der Waals surface area (Å²) in [6, 6.07) is 16.3. The van der Waals surface area contributed by atoms with E-state index in [9.17, 15) is 5.11 Å². The second kappa shape index (κ2) is 7.43. The van der Waals surface area contributed by atoms with Crippen LogP contribution in [0, 0.1) is 11.8 Å². The highest BCUT2D eigenvalue weighted by Gasteiger charge is 2.27. The highest BCUT2D eigenvalue weighted by Crippen LogP contribution is 2.28. The summed E-state index contributed by atoms with van der Waals surface area (Å²) < 4.78 is 5.31. The lowest BCUT2D eigenvalue weighted by Gasteiger charge is -2.13. The highest BCUT2D eigenvalue weighted by atomic mass is 16.5. The Hall–Kier alpha value is -2.12. The van der Waals surface area contributed by atoms with Gasteiger partial charge in [0.05, 0.1) is 25.9 Å². The minimum atomic E-state index is -0.405. The SMILES string of the molecule is OCCC#Cc1ccc(-c2ccc([C@H]3COC[C@@H]3O)cc2)cc1. The first-order chi connectivity index (χ1) is 11.3. The fourth-order valence-corrected chi connectivity index (χ4v) is 2.75. The summed E-state index contributed by atoms with van der Waals surface area (Å²) in [5.41, 5.74) is 4.33. The number of aliphatic hydroxyl groups is 2. The third-order valence-corrected chi connectivity index (χ3v) is 4.08. The first-order valence-electron chi connectivity index (χ1n) is 7.84. The summed E-state index contributed by atoms with van der Waals surface area (Å²) in [7, 11) is 0. The molecule has 0 saturated carbocycles. The molecule has 1 aliphatic rings. The average Bonchev–Trinajstić information content (AvgIpc) is 3.02. The largest absolute Gasteiger partial charge is 0.395 e. The molecule has 3 nitrogen and oxygen atoms in total. The van der Waals surface area contributed by atoms with E-state index in [1.807, 2.05) is 24.3 Å². The molecule has 1 aliphatic heterocycles. The predicted molar refractivity (Wildman–Crippen MR) is 90.0 cm³/mol. The lowest BCUT2D eigenvalue weighted by atomic mass is 9.94. The monoisotopic (exact) mass is 308 g/mol. The van der Waals surface area contributed by atoms with Crippen molar-refractivity contribution in [1.82, 2.24) is 0 Å². The third kappa shape index (κ3) is 3.80. The molecule has 3 heteroatoms. The zero-order chi connectivity index (χ0) is 16.1. The number of rotatable bonds is 3. The van der Waals surface area contributed by atoms with Crippen LogP contribution in [0.2, 0.25) is 0 Å². The van der Waals surface area contributed by atoms with Gasteiger partial charge in [0.1, 0.15) is 0 Å². The normalized spacial score (nSPS) is 20.1. The summed E-state index contributed by atoms with van der Waals surface area (Å²) in [4.78, 5) is 0. The van der Waals surface area contributed by atoms with Gasteiger partial charge in [-0.2, -0.15) is 0 Å². The topological polar surface area (TPSA) is 49.7 Å². The molecule has 1 saturated heterocycles. The Morgan fingerprint density at radius 1 is 0.957 bits per heavy atom. The Balaban J connectivity index is 1.73. The molecule has 2 aromatic rings. The van der Waals surface area contributed by atoms with Crippen LogP contribution in [0.15, 0.2) is 48.5 Å².